The lowest BCUT2D eigenvalue weighted by atomic mass is 9.89. The van der Waals surface area contributed by atoms with Gasteiger partial charge < -0.3 is 0 Å². The highest BCUT2D eigenvalue weighted by Crippen LogP contribution is 2.28. The third kappa shape index (κ3) is 3.69. The van der Waals surface area contributed by atoms with Crippen molar-refractivity contribution in [2.75, 3.05) is 0 Å². The standard InChI is InChI=1S/C15H24N2O/c1-15(2,3)11-14(18)10-12-8-9-17(16-12)13-6-4-5-7-13/h8-9,13H,4-7,10-11H2,1-3H3. The highest BCUT2D eigenvalue weighted by atomic mass is 16.1. The van der Waals surface area contributed by atoms with Gasteiger partial charge in [-0.1, -0.05) is 33.6 Å². The lowest BCUT2D eigenvalue weighted by Gasteiger charge is -2.16. The Morgan fingerprint density at radius 3 is 2.67 bits per heavy atom. The van der Waals surface area contributed by atoms with Crippen LogP contribution in [0.1, 0.15) is 64.6 Å². The van der Waals surface area contributed by atoms with Gasteiger partial charge in [0.2, 0.25) is 0 Å². The van der Waals surface area contributed by atoms with Gasteiger partial charge in [-0.05, 0) is 24.3 Å². The first-order chi connectivity index (χ1) is 8.44. The Kier molecular flexibility index (Phi) is 3.88. The molecule has 0 bridgehead atoms. The molecule has 1 heterocycles. The summed E-state index contributed by atoms with van der Waals surface area (Å²) in [5.41, 5.74) is 1.00. The third-order valence-electron chi connectivity index (χ3n) is 3.47. The van der Waals surface area contributed by atoms with Crippen molar-refractivity contribution in [2.45, 2.75) is 65.3 Å². The van der Waals surface area contributed by atoms with Crippen LogP contribution < -0.4 is 0 Å². The molecular weight excluding hydrogens is 224 g/mol. The Balaban J connectivity index is 1.92. The van der Waals surface area contributed by atoms with Crippen molar-refractivity contribution in [2.24, 2.45) is 5.41 Å². The molecule has 3 nitrogen and oxygen atoms in total. The third-order valence-corrected chi connectivity index (χ3v) is 3.47. The first-order valence-electron chi connectivity index (χ1n) is 7.00. The maximum atomic E-state index is 11.9. The molecule has 0 unspecified atom stereocenters. The molecule has 1 aromatic rings. The van der Waals surface area contributed by atoms with Gasteiger partial charge >= 0.3 is 0 Å². The van der Waals surface area contributed by atoms with E-state index in [0.29, 0.717) is 24.7 Å². The fourth-order valence-electron chi connectivity index (χ4n) is 2.70. The van der Waals surface area contributed by atoms with Crippen LogP contribution in [0.2, 0.25) is 0 Å². The first-order valence-corrected chi connectivity index (χ1v) is 7.00. The Morgan fingerprint density at radius 2 is 2.06 bits per heavy atom. The second-order valence-corrected chi connectivity index (χ2v) is 6.68. The van der Waals surface area contributed by atoms with Gasteiger partial charge in [0.15, 0.2) is 0 Å². The summed E-state index contributed by atoms with van der Waals surface area (Å²) in [6.07, 6.45) is 8.23. The number of nitrogens with zero attached hydrogens (tertiary/aromatic N) is 2. The van der Waals surface area contributed by atoms with Crippen molar-refractivity contribution >= 4 is 5.78 Å². The second kappa shape index (κ2) is 5.25. The Hall–Kier alpha value is -1.12. The van der Waals surface area contributed by atoms with E-state index in [1.165, 1.54) is 25.7 Å². The van der Waals surface area contributed by atoms with E-state index in [1.54, 1.807) is 0 Å². The largest absolute Gasteiger partial charge is 0.299 e. The summed E-state index contributed by atoms with van der Waals surface area (Å²) in [6.45, 7) is 6.30. The lowest BCUT2D eigenvalue weighted by molar-refractivity contribution is -0.120. The molecule has 0 radical (unpaired) electrons. The lowest BCUT2D eigenvalue weighted by Crippen LogP contribution is -2.15. The summed E-state index contributed by atoms with van der Waals surface area (Å²) in [6, 6.07) is 2.57. The van der Waals surface area contributed by atoms with Crippen molar-refractivity contribution in [3.8, 4) is 0 Å². The maximum absolute atomic E-state index is 11.9. The quantitative estimate of drug-likeness (QED) is 0.816. The molecule has 3 heteroatoms. The van der Waals surface area contributed by atoms with Crippen LogP contribution in [-0.2, 0) is 11.2 Å². The number of hydrogen-bond acceptors (Lipinski definition) is 2. The van der Waals surface area contributed by atoms with Crippen LogP contribution >= 0.6 is 0 Å². The average molecular weight is 248 g/mol. The molecule has 0 aliphatic heterocycles. The van der Waals surface area contributed by atoms with Gasteiger partial charge in [-0.15, -0.1) is 0 Å². The van der Waals surface area contributed by atoms with E-state index in [0.717, 1.165) is 5.69 Å². The Morgan fingerprint density at radius 1 is 1.39 bits per heavy atom. The van der Waals surface area contributed by atoms with Crippen LogP contribution in [0.15, 0.2) is 12.3 Å². The van der Waals surface area contributed by atoms with E-state index < -0.39 is 0 Å². The minimum atomic E-state index is 0.0745. The average Bonchev–Trinajstić information content (AvgIpc) is 2.82. The maximum Gasteiger partial charge on any atom is 0.139 e. The van der Waals surface area contributed by atoms with Crippen molar-refractivity contribution in [1.29, 1.82) is 0 Å². The monoisotopic (exact) mass is 248 g/mol. The van der Waals surface area contributed by atoms with Crippen LogP contribution in [0.25, 0.3) is 0 Å². The molecule has 1 saturated carbocycles. The number of rotatable bonds is 4. The van der Waals surface area contributed by atoms with Crippen LogP contribution in [0.4, 0.5) is 0 Å². The molecule has 1 aromatic heterocycles. The van der Waals surface area contributed by atoms with E-state index in [9.17, 15) is 4.79 Å². The van der Waals surface area contributed by atoms with Crippen LogP contribution in [0, 0.1) is 5.41 Å². The summed E-state index contributed by atoms with van der Waals surface area (Å²) >= 11 is 0. The topological polar surface area (TPSA) is 34.9 Å². The smallest absolute Gasteiger partial charge is 0.139 e. The van der Waals surface area contributed by atoms with Crippen molar-refractivity contribution in [3.05, 3.63) is 18.0 Å². The van der Waals surface area contributed by atoms with E-state index in [1.807, 2.05) is 12.3 Å². The highest BCUT2D eigenvalue weighted by Gasteiger charge is 2.19. The molecule has 0 saturated heterocycles. The molecule has 1 fully saturated rings. The van der Waals surface area contributed by atoms with E-state index in [2.05, 4.69) is 30.6 Å². The predicted molar refractivity (Wildman–Crippen MR) is 72.5 cm³/mol. The molecule has 0 N–H and O–H groups in total. The van der Waals surface area contributed by atoms with Gasteiger partial charge in [0.05, 0.1) is 18.2 Å². The zero-order valence-corrected chi connectivity index (χ0v) is 11.8. The molecule has 0 amide bonds. The molecule has 18 heavy (non-hydrogen) atoms. The minimum absolute atomic E-state index is 0.0745. The van der Waals surface area contributed by atoms with Crippen LogP contribution in [0.5, 0.6) is 0 Å². The zero-order chi connectivity index (χ0) is 13.2. The summed E-state index contributed by atoms with van der Waals surface area (Å²) in [5, 5.41) is 4.56. The van der Waals surface area contributed by atoms with Gasteiger partial charge in [0, 0.05) is 12.6 Å². The Bertz CT molecular complexity index is 408. The van der Waals surface area contributed by atoms with Crippen molar-refractivity contribution < 1.29 is 4.79 Å². The van der Waals surface area contributed by atoms with Crippen LogP contribution in [-0.4, -0.2) is 15.6 Å². The molecule has 0 spiro atoms. The van der Waals surface area contributed by atoms with Gasteiger partial charge in [-0.2, -0.15) is 5.10 Å². The summed E-state index contributed by atoms with van der Waals surface area (Å²) in [7, 11) is 0. The molecule has 0 aromatic carbocycles. The zero-order valence-electron chi connectivity index (χ0n) is 11.8. The number of hydrogen-bond donors (Lipinski definition) is 0. The molecule has 1 aliphatic rings. The summed E-state index contributed by atoms with van der Waals surface area (Å²) in [5.74, 6) is 0.291. The molecular formula is C15H24N2O. The van der Waals surface area contributed by atoms with Crippen LogP contribution in [0.3, 0.4) is 0 Å². The van der Waals surface area contributed by atoms with Crippen molar-refractivity contribution in [3.63, 3.8) is 0 Å². The number of aromatic nitrogens is 2. The molecule has 100 valence electrons. The Labute approximate surface area is 110 Å². The van der Waals surface area contributed by atoms with Crippen molar-refractivity contribution in [1.82, 2.24) is 9.78 Å². The van der Waals surface area contributed by atoms with Gasteiger partial charge in [-0.25, -0.2) is 0 Å². The van der Waals surface area contributed by atoms with Gasteiger partial charge in [-0.3, -0.25) is 9.48 Å². The van der Waals surface area contributed by atoms with E-state index in [4.69, 9.17) is 0 Å². The number of carbonyl (C=O) groups excluding carboxylic acids is 1. The number of Topliss-reactive ketones (excluding diaryl/α,β-unsaturated/α-hetero) is 1. The number of ketones is 1. The molecule has 1 aliphatic carbocycles. The minimum Gasteiger partial charge on any atom is -0.299 e. The predicted octanol–water partition coefficient (Wildman–Crippen LogP) is 3.55. The number of carbonyl (C=O) groups is 1. The normalized spacial score (nSPS) is 17.3. The van der Waals surface area contributed by atoms with Gasteiger partial charge in [0.25, 0.3) is 0 Å². The molecule has 0 atom stereocenters. The highest BCUT2D eigenvalue weighted by molar-refractivity contribution is 5.80. The second-order valence-electron chi connectivity index (χ2n) is 6.68. The fraction of sp³-hybridized carbons (Fsp3) is 0.733. The molecule has 2 rings (SSSR count). The van der Waals surface area contributed by atoms with E-state index >= 15 is 0 Å². The van der Waals surface area contributed by atoms with Gasteiger partial charge in [0.1, 0.15) is 5.78 Å². The SMILES string of the molecule is CC(C)(C)CC(=O)Cc1ccn(C2CCCC2)n1. The summed E-state index contributed by atoms with van der Waals surface area (Å²) < 4.78 is 2.06. The first kappa shape index (κ1) is 13.3. The fourth-order valence-corrected chi connectivity index (χ4v) is 2.70. The van der Waals surface area contributed by atoms with E-state index in [-0.39, 0.29) is 5.41 Å². The summed E-state index contributed by atoms with van der Waals surface area (Å²) in [4.78, 5) is 11.9.